The zero-order valence-corrected chi connectivity index (χ0v) is 20.6. The minimum atomic E-state index is -1.01. The van der Waals surface area contributed by atoms with E-state index in [-0.39, 0.29) is 24.5 Å². The van der Waals surface area contributed by atoms with E-state index in [9.17, 15) is 24.6 Å². The molecule has 0 radical (unpaired) electrons. The van der Waals surface area contributed by atoms with Crippen molar-refractivity contribution in [2.75, 3.05) is 19.8 Å². The molecule has 3 rings (SSSR count). The molecular formula is C26H38N2O7. The third-order valence-corrected chi connectivity index (χ3v) is 7.01. The van der Waals surface area contributed by atoms with Crippen LogP contribution in [-0.2, 0) is 30.3 Å². The van der Waals surface area contributed by atoms with Crippen molar-refractivity contribution in [2.24, 2.45) is 5.92 Å². The number of aliphatic hydroxyl groups excluding tert-OH is 2. The normalized spacial score (nSPS) is 23.1. The predicted molar refractivity (Wildman–Crippen MR) is 128 cm³/mol. The fraction of sp³-hybridized carbons (Fsp3) is 0.654. The maximum Gasteiger partial charge on any atom is 0.329 e. The van der Waals surface area contributed by atoms with Crippen LogP contribution in [0.25, 0.3) is 0 Å². The molecule has 194 valence electrons. The molecule has 1 saturated heterocycles. The van der Waals surface area contributed by atoms with Crippen molar-refractivity contribution >= 4 is 17.8 Å². The predicted octanol–water partition coefficient (Wildman–Crippen LogP) is 1.20. The van der Waals surface area contributed by atoms with Crippen molar-refractivity contribution in [1.29, 1.82) is 0 Å². The van der Waals surface area contributed by atoms with E-state index in [1.807, 2.05) is 30.3 Å². The highest BCUT2D eigenvalue weighted by atomic mass is 16.6. The van der Waals surface area contributed by atoms with Crippen LogP contribution in [0.2, 0.25) is 0 Å². The zero-order valence-electron chi connectivity index (χ0n) is 20.6. The van der Waals surface area contributed by atoms with Gasteiger partial charge in [-0.3, -0.25) is 14.9 Å². The monoisotopic (exact) mass is 490 g/mol. The number of amides is 1. The second-order valence-electron chi connectivity index (χ2n) is 9.40. The molecule has 3 N–H and O–H groups in total. The fourth-order valence-electron chi connectivity index (χ4n) is 5.26. The van der Waals surface area contributed by atoms with Crippen LogP contribution in [0.15, 0.2) is 30.3 Å². The Labute approximate surface area is 206 Å². The van der Waals surface area contributed by atoms with Crippen LogP contribution in [0.4, 0.5) is 0 Å². The maximum atomic E-state index is 13.6. The lowest BCUT2D eigenvalue weighted by molar-refractivity contribution is -0.163. The first kappa shape index (κ1) is 27.1. The Morgan fingerprint density at radius 3 is 2.51 bits per heavy atom. The van der Waals surface area contributed by atoms with Crippen LogP contribution in [0.5, 0.6) is 0 Å². The van der Waals surface area contributed by atoms with Crippen molar-refractivity contribution in [1.82, 2.24) is 10.2 Å². The highest BCUT2D eigenvalue weighted by molar-refractivity contribution is 5.89. The summed E-state index contributed by atoms with van der Waals surface area (Å²) in [6.45, 7) is 2.71. The van der Waals surface area contributed by atoms with Gasteiger partial charge in [0.2, 0.25) is 5.91 Å². The number of nitrogens with one attached hydrogen (secondary N) is 1. The molecule has 35 heavy (non-hydrogen) atoms. The van der Waals surface area contributed by atoms with Gasteiger partial charge in [-0.15, -0.1) is 0 Å². The standard InChI is InChI=1S/C26H38N2O7/c1-3-34-25(32)21(13-12-18-8-5-4-6-9-18)27-17(2)24(31)28-22-11-7-10-19(22)14-23(28)26(33)35-20(15-29)16-30/h4-6,8-9,17,19-23,27,29-30H,3,7,10-16H2,1-2H3/t17-,19-,21-,22-,23-/m0/s1. The smallest absolute Gasteiger partial charge is 0.329 e. The first-order valence-electron chi connectivity index (χ1n) is 12.6. The Kier molecular flexibility index (Phi) is 10.1. The number of ether oxygens (including phenoxy) is 2. The van der Waals surface area contributed by atoms with Crippen LogP contribution in [-0.4, -0.2) is 83.1 Å². The van der Waals surface area contributed by atoms with E-state index in [2.05, 4.69) is 5.32 Å². The molecule has 1 saturated carbocycles. The number of aliphatic hydroxyl groups is 2. The highest BCUT2D eigenvalue weighted by Gasteiger charge is 2.50. The fourth-order valence-corrected chi connectivity index (χ4v) is 5.26. The number of benzene rings is 1. The molecule has 1 heterocycles. The summed E-state index contributed by atoms with van der Waals surface area (Å²) in [4.78, 5) is 40.8. The van der Waals surface area contributed by atoms with Gasteiger partial charge in [-0.2, -0.15) is 0 Å². The van der Waals surface area contributed by atoms with E-state index in [1.165, 1.54) is 0 Å². The van der Waals surface area contributed by atoms with Crippen molar-refractivity contribution in [3.05, 3.63) is 35.9 Å². The van der Waals surface area contributed by atoms with Gasteiger partial charge in [0.15, 0.2) is 0 Å². The molecule has 2 fully saturated rings. The second-order valence-corrected chi connectivity index (χ2v) is 9.40. The van der Waals surface area contributed by atoms with Gasteiger partial charge in [0.25, 0.3) is 0 Å². The Morgan fingerprint density at radius 1 is 1.14 bits per heavy atom. The van der Waals surface area contributed by atoms with Gasteiger partial charge < -0.3 is 24.6 Å². The zero-order chi connectivity index (χ0) is 25.4. The summed E-state index contributed by atoms with van der Waals surface area (Å²) in [5.74, 6) is -1.07. The lowest BCUT2D eigenvalue weighted by Gasteiger charge is -2.33. The maximum absolute atomic E-state index is 13.6. The Bertz CT molecular complexity index is 845. The summed E-state index contributed by atoms with van der Waals surface area (Å²) in [5, 5.41) is 21.8. The molecule has 9 nitrogen and oxygen atoms in total. The van der Waals surface area contributed by atoms with E-state index in [0.717, 1.165) is 24.8 Å². The molecule has 9 heteroatoms. The minimum absolute atomic E-state index is 0.0589. The van der Waals surface area contributed by atoms with Crippen LogP contribution in [0.3, 0.4) is 0 Å². The van der Waals surface area contributed by atoms with Crippen LogP contribution < -0.4 is 5.32 Å². The molecule has 1 aromatic carbocycles. The molecule has 0 bridgehead atoms. The van der Waals surface area contributed by atoms with Crippen LogP contribution in [0.1, 0.15) is 51.5 Å². The number of hydrogen-bond acceptors (Lipinski definition) is 8. The van der Waals surface area contributed by atoms with Crippen molar-refractivity contribution in [3.8, 4) is 0 Å². The summed E-state index contributed by atoms with van der Waals surface area (Å²) in [5.41, 5.74) is 1.08. The van der Waals surface area contributed by atoms with E-state index in [1.54, 1.807) is 18.7 Å². The summed E-state index contributed by atoms with van der Waals surface area (Å²) in [6.07, 6.45) is 3.33. The average Bonchev–Trinajstić information content (AvgIpc) is 3.46. The van der Waals surface area contributed by atoms with Gasteiger partial charge in [-0.25, -0.2) is 4.79 Å². The summed E-state index contributed by atoms with van der Waals surface area (Å²) in [6, 6.07) is 7.57. The number of aryl methyl sites for hydroxylation is 1. The summed E-state index contributed by atoms with van der Waals surface area (Å²) in [7, 11) is 0. The van der Waals surface area contributed by atoms with Gasteiger partial charge in [-0.05, 0) is 57.4 Å². The quantitative estimate of drug-likeness (QED) is 0.373. The van der Waals surface area contributed by atoms with Gasteiger partial charge in [-0.1, -0.05) is 36.8 Å². The molecule has 1 aromatic rings. The SMILES string of the molecule is CCOC(=O)[C@H](CCc1ccccc1)N[C@@H](C)C(=O)N1[C@H](C(=O)OC(CO)CO)C[C@@H]2CCC[C@@H]21. The Balaban J connectivity index is 1.71. The molecular weight excluding hydrogens is 452 g/mol. The lowest BCUT2D eigenvalue weighted by atomic mass is 10.0. The molecule has 1 aliphatic heterocycles. The topological polar surface area (TPSA) is 125 Å². The molecule has 0 unspecified atom stereocenters. The summed E-state index contributed by atoms with van der Waals surface area (Å²) < 4.78 is 10.5. The Hall–Kier alpha value is -2.49. The van der Waals surface area contributed by atoms with E-state index in [0.29, 0.717) is 19.3 Å². The molecule has 0 aromatic heterocycles. The molecule has 0 spiro atoms. The number of fused-ring (bicyclic) bond motifs is 1. The largest absolute Gasteiger partial charge is 0.465 e. The molecule has 1 amide bonds. The van der Waals surface area contributed by atoms with Gasteiger partial charge in [0.1, 0.15) is 18.2 Å². The third kappa shape index (κ3) is 6.80. The van der Waals surface area contributed by atoms with Gasteiger partial charge in [0, 0.05) is 6.04 Å². The van der Waals surface area contributed by atoms with Gasteiger partial charge >= 0.3 is 11.9 Å². The number of hydrogen-bond donors (Lipinski definition) is 3. The number of rotatable bonds is 12. The van der Waals surface area contributed by atoms with Crippen molar-refractivity contribution < 1.29 is 34.1 Å². The number of nitrogens with zero attached hydrogens (tertiary/aromatic N) is 1. The van der Waals surface area contributed by atoms with Crippen LogP contribution in [0, 0.1) is 5.92 Å². The average molecular weight is 491 g/mol. The first-order valence-corrected chi connectivity index (χ1v) is 12.6. The first-order chi connectivity index (χ1) is 16.9. The number of carbonyl (C=O) groups is 3. The van der Waals surface area contributed by atoms with Crippen molar-refractivity contribution in [2.45, 2.75) is 82.6 Å². The molecule has 2 aliphatic rings. The minimum Gasteiger partial charge on any atom is -0.465 e. The molecule has 1 aliphatic carbocycles. The Morgan fingerprint density at radius 2 is 1.86 bits per heavy atom. The van der Waals surface area contributed by atoms with E-state index >= 15 is 0 Å². The van der Waals surface area contributed by atoms with E-state index < -0.39 is 49.4 Å². The number of carbonyl (C=O) groups excluding carboxylic acids is 3. The lowest BCUT2D eigenvalue weighted by Crippen LogP contribution is -2.55. The second kappa shape index (κ2) is 13.0. The summed E-state index contributed by atoms with van der Waals surface area (Å²) >= 11 is 0. The van der Waals surface area contributed by atoms with Crippen molar-refractivity contribution in [3.63, 3.8) is 0 Å². The van der Waals surface area contributed by atoms with E-state index in [4.69, 9.17) is 9.47 Å². The molecule has 5 atom stereocenters. The number of esters is 2. The number of likely N-dealkylation sites (tertiary alicyclic amines) is 1. The van der Waals surface area contributed by atoms with Gasteiger partial charge in [0.05, 0.1) is 25.9 Å². The highest BCUT2D eigenvalue weighted by Crippen LogP contribution is 2.42. The third-order valence-electron chi connectivity index (χ3n) is 7.01. The van der Waals surface area contributed by atoms with Crippen LogP contribution >= 0.6 is 0 Å².